The van der Waals surface area contributed by atoms with E-state index in [1.54, 1.807) is 12.1 Å². The highest BCUT2D eigenvalue weighted by molar-refractivity contribution is 5.95. The van der Waals surface area contributed by atoms with Crippen LogP contribution in [-0.2, 0) is 32.5 Å². The van der Waals surface area contributed by atoms with Gasteiger partial charge in [-0.15, -0.1) is 0 Å². The zero-order chi connectivity index (χ0) is 28.7. The number of fused-ring (bicyclic) bond motifs is 2. The molecule has 2 atom stereocenters. The van der Waals surface area contributed by atoms with Crippen molar-refractivity contribution < 1.29 is 32.3 Å². The lowest BCUT2D eigenvalue weighted by molar-refractivity contribution is -0.148. The second-order valence-electron chi connectivity index (χ2n) is 11.1. The van der Waals surface area contributed by atoms with E-state index in [2.05, 4.69) is 4.98 Å². The Bertz CT molecular complexity index is 1590. The Morgan fingerprint density at radius 1 is 1.12 bits per heavy atom. The van der Waals surface area contributed by atoms with Crippen molar-refractivity contribution in [2.24, 2.45) is 13.0 Å². The smallest absolute Gasteiger partial charge is 0.308 e. The molecular weight excluding hydrogens is 532 g/mol. The Morgan fingerprint density at radius 2 is 1.90 bits per heavy atom. The van der Waals surface area contributed by atoms with E-state index < -0.39 is 18.0 Å². The Hall–Kier alpha value is -3.79. The number of nitrogens with zero attached hydrogens (tertiary/aromatic N) is 3. The first kappa shape index (κ1) is 27.4. The number of likely N-dealkylation sites (tertiary alicyclic amines) is 1. The van der Waals surface area contributed by atoms with Gasteiger partial charge in [-0.05, 0) is 37.8 Å². The van der Waals surface area contributed by atoms with Crippen molar-refractivity contribution >= 4 is 33.9 Å². The fourth-order valence-electron chi connectivity index (χ4n) is 6.23. The van der Waals surface area contributed by atoms with Gasteiger partial charge in [-0.1, -0.05) is 24.3 Å². The number of para-hydroxylation sites is 1. The summed E-state index contributed by atoms with van der Waals surface area (Å²) in [5.41, 5.74) is 2.28. The Balaban J connectivity index is 1.14. The van der Waals surface area contributed by atoms with Crippen LogP contribution in [0.3, 0.4) is 0 Å². The maximum atomic E-state index is 15.6. The first-order valence-electron chi connectivity index (χ1n) is 14.1. The highest BCUT2D eigenvalue weighted by Crippen LogP contribution is 2.34. The van der Waals surface area contributed by atoms with E-state index in [9.17, 15) is 14.0 Å². The molecule has 4 aromatic rings. The number of benzene rings is 2. The monoisotopic (exact) mass is 565 g/mol. The number of alkyl halides is 1. The second kappa shape index (κ2) is 11.2. The minimum Gasteiger partial charge on any atom is -0.469 e. The number of halogens is 2. The van der Waals surface area contributed by atoms with E-state index >= 15 is 4.39 Å². The Morgan fingerprint density at radius 3 is 2.68 bits per heavy atom. The summed E-state index contributed by atoms with van der Waals surface area (Å²) in [4.78, 5) is 31.0. The third-order valence-electron chi connectivity index (χ3n) is 8.46. The van der Waals surface area contributed by atoms with Crippen LogP contribution in [-0.4, -0.2) is 64.9 Å². The lowest BCUT2D eigenvalue weighted by Crippen LogP contribution is -2.40. The van der Waals surface area contributed by atoms with Gasteiger partial charge in [0.2, 0.25) is 11.8 Å². The molecule has 41 heavy (non-hydrogen) atoms. The van der Waals surface area contributed by atoms with Crippen LogP contribution in [0.2, 0.25) is 0 Å². The highest BCUT2D eigenvalue weighted by Gasteiger charge is 2.37. The SMILES string of the molecule is COC(=O)C1CCC(OC[C@@H]2C[C@H](F)CN2C(=O)Cc2ccc3nc(-c4cn(C)c5ccccc45)oc3c2F)CC1. The number of methoxy groups -OCH3 is 1. The topological polar surface area (TPSA) is 86.8 Å². The number of aryl methyl sites for hydroxylation is 1. The number of hydrogen-bond donors (Lipinski definition) is 0. The van der Waals surface area contributed by atoms with Gasteiger partial charge in [0.15, 0.2) is 11.4 Å². The van der Waals surface area contributed by atoms with Crippen molar-refractivity contribution in [1.29, 1.82) is 0 Å². The van der Waals surface area contributed by atoms with Crippen LogP contribution < -0.4 is 0 Å². The molecule has 0 unspecified atom stereocenters. The van der Waals surface area contributed by atoms with Crippen molar-refractivity contribution in [2.75, 3.05) is 20.3 Å². The van der Waals surface area contributed by atoms with Gasteiger partial charge in [0.25, 0.3) is 0 Å². The first-order chi connectivity index (χ1) is 19.8. The first-order valence-corrected chi connectivity index (χ1v) is 14.1. The fraction of sp³-hybridized carbons (Fsp3) is 0.452. The molecule has 216 valence electrons. The van der Waals surface area contributed by atoms with Crippen LogP contribution in [0, 0.1) is 11.7 Å². The quantitative estimate of drug-likeness (QED) is 0.281. The van der Waals surface area contributed by atoms with Gasteiger partial charge in [0.1, 0.15) is 11.7 Å². The zero-order valence-electron chi connectivity index (χ0n) is 23.1. The summed E-state index contributed by atoms with van der Waals surface area (Å²) in [6.07, 6.45) is 3.43. The lowest BCUT2D eigenvalue weighted by atomic mass is 9.87. The van der Waals surface area contributed by atoms with Crippen LogP contribution in [0.1, 0.15) is 37.7 Å². The fourth-order valence-corrected chi connectivity index (χ4v) is 6.23. The molecule has 1 saturated heterocycles. The van der Waals surface area contributed by atoms with Crippen molar-refractivity contribution in [3.8, 4) is 11.5 Å². The van der Waals surface area contributed by atoms with Crippen molar-refractivity contribution in [3.05, 3.63) is 54.0 Å². The molecule has 3 heterocycles. The molecule has 1 aliphatic carbocycles. The molecule has 1 aliphatic heterocycles. The van der Waals surface area contributed by atoms with Gasteiger partial charge in [0, 0.05) is 36.1 Å². The molecule has 6 rings (SSSR count). The van der Waals surface area contributed by atoms with Crippen LogP contribution in [0.15, 0.2) is 47.0 Å². The van der Waals surface area contributed by atoms with Gasteiger partial charge in [0.05, 0.1) is 50.3 Å². The minimum atomic E-state index is -1.16. The average Bonchev–Trinajstić information content (AvgIpc) is 3.68. The van der Waals surface area contributed by atoms with Gasteiger partial charge in [-0.2, -0.15) is 0 Å². The van der Waals surface area contributed by atoms with Gasteiger partial charge < -0.3 is 23.4 Å². The molecule has 2 aromatic heterocycles. The number of hydrogen-bond acceptors (Lipinski definition) is 6. The van der Waals surface area contributed by atoms with E-state index in [4.69, 9.17) is 13.9 Å². The molecule has 0 bridgehead atoms. The average molecular weight is 566 g/mol. The molecule has 2 aromatic carbocycles. The van der Waals surface area contributed by atoms with Crippen LogP contribution >= 0.6 is 0 Å². The molecule has 2 fully saturated rings. The van der Waals surface area contributed by atoms with Gasteiger partial charge in [-0.25, -0.2) is 13.8 Å². The highest BCUT2D eigenvalue weighted by atomic mass is 19.1. The summed E-state index contributed by atoms with van der Waals surface area (Å²) in [7, 11) is 3.32. The van der Waals surface area contributed by atoms with Crippen LogP contribution in [0.5, 0.6) is 0 Å². The maximum absolute atomic E-state index is 15.6. The summed E-state index contributed by atoms with van der Waals surface area (Å²) in [6.45, 7) is 0.164. The standard InChI is InChI=1S/C31H33F2N3O5/c1-35-16-24(23-5-3-4-6-26(23)35)30-34-25-12-9-19(28(33)29(25)41-30)13-27(37)36-15-20(32)14-21(36)17-40-22-10-7-18(8-11-22)31(38)39-2/h3-6,9,12,16,18,20-22H,7-8,10-11,13-15,17H2,1-2H3/t18?,20-,21-,22?/m0/s1. The molecule has 1 amide bonds. The molecular formula is C31H33F2N3O5. The number of esters is 1. The van der Waals surface area contributed by atoms with Crippen molar-refractivity contribution in [2.45, 2.75) is 56.8 Å². The summed E-state index contributed by atoms with van der Waals surface area (Å²) in [6, 6.07) is 10.6. The van der Waals surface area contributed by atoms with Crippen molar-refractivity contribution in [1.82, 2.24) is 14.5 Å². The Kier molecular flexibility index (Phi) is 7.50. The van der Waals surface area contributed by atoms with Gasteiger partial charge in [-0.3, -0.25) is 9.59 Å². The Labute approximate surface area is 236 Å². The number of amides is 1. The van der Waals surface area contributed by atoms with E-state index in [-0.39, 0.29) is 61.0 Å². The van der Waals surface area contributed by atoms with Gasteiger partial charge >= 0.3 is 5.97 Å². The van der Waals surface area contributed by atoms with E-state index in [1.165, 1.54) is 12.0 Å². The lowest BCUT2D eigenvalue weighted by Gasteiger charge is -2.30. The molecule has 0 spiro atoms. The van der Waals surface area contributed by atoms with Crippen LogP contribution in [0.4, 0.5) is 8.78 Å². The minimum absolute atomic E-state index is 0.00883. The predicted molar refractivity (Wildman–Crippen MR) is 148 cm³/mol. The molecule has 1 saturated carbocycles. The third kappa shape index (κ3) is 5.32. The molecule has 0 radical (unpaired) electrons. The largest absolute Gasteiger partial charge is 0.469 e. The number of aromatic nitrogens is 2. The number of carbonyl (C=O) groups is 2. The normalized spacial score (nSPS) is 23.0. The maximum Gasteiger partial charge on any atom is 0.308 e. The number of oxazole rings is 1. The summed E-state index contributed by atoms with van der Waals surface area (Å²) in [5.74, 6) is -1.01. The second-order valence-corrected chi connectivity index (χ2v) is 11.1. The summed E-state index contributed by atoms with van der Waals surface area (Å²) < 4.78 is 48.8. The molecule has 2 aliphatic rings. The zero-order valence-corrected chi connectivity index (χ0v) is 23.1. The molecule has 8 nitrogen and oxygen atoms in total. The molecule has 0 N–H and O–H groups in total. The van der Waals surface area contributed by atoms with Crippen LogP contribution in [0.25, 0.3) is 33.5 Å². The van der Waals surface area contributed by atoms with E-state index in [1.807, 2.05) is 42.1 Å². The number of ether oxygens (including phenoxy) is 2. The predicted octanol–water partition coefficient (Wildman–Crippen LogP) is 5.36. The molecule has 10 heteroatoms. The third-order valence-corrected chi connectivity index (χ3v) is 8.46. The number of carbonyl (C=O) groups excluding carboxylic acids is 2. The van der Waals surface area contributed by atoms with E-state index in [0.717, 1.165) is 16.5 Å². The van der Waals surface area contributed by atoms with Crippen molar-refractivity contribution in [3.63, 3.8) is 0 Å². The number of rotatable bonds is 7. The summed E-state index contributed by atoms with van der Waals surface area (Å²) >= 11 is 0. The summed E-state index contributed by atoms with van der Waals surface area (Å²) in [5, 5.41) is 0.942. The van der Waals surface area contributed by atoms with E-state index in [0.29, 0.717) is 37.1 Å².